The second-order valence-corrected chi connectivity index (χ2v) is 9.09. The number of alkyl halides is 29. The Balaban J connectivity index is 7.97. The standard InChI is InChI=1S/C18H5F29O2/c1-3(2)4(48)49-15(38,14(36,37)18(45,46)47)13(34,35)12(32,33)11(30,31)10(28,29)9(26,27)8(24,25)7(22,23)6(20,21)5(19,16(39,40)41)17(42,43)44/h1H2,2H3. The van der Waals surface area contributed by atoms with E-state index < -0.39 is 94.9 Å². The number of carbonyl (C=O) groups excluding carboxylic acids is 1. The second-order valence-electron chi connectivity index (χ2n) is 9.09. The van der Waals surface area contributed by atoms with Gasteiger partial charge in [-0.25, -0.2) is 9.18 Å². The Bertz CT molecular complexity index is 1250. The van der Waals surface area contributed by atoms with Crippen LogP contribution in [0.25, 0.3) is 0 Å². The molecule has 0 aliphatic heterocycles. The average molecular weight is 804 g/mol. The van der Waals surface area contributed by atoms with Crippen molar-refractivity contribution in [3.05, 3.63) is 12.2 Å². The maximum atomic E-state index is 14.5. The molecular weight excluding hydrogens is 799 g/mol. The van der Waals surface area contributed by atoms with Gasteiger partial charge < -0.3 is 4.74 Å². The largest absolute Gasteiger partial charge is 0.461 e. The Morgan fingerprint density at radius 1 is 0.367 bits per heavy atom. The van der Waals surface area contributed by atoms with Crippen molar-refractivity contribution in [1.82, 2.24) is 0 Å². The van der Waals surface area contributed by atoms with E-state index in [9.17, 15) is 132 Å². The van der Waals surface area contributed by atoms with Gasteiger partial charge in [-0.15, -0.1) is 0 Å². The molecule has 0 aromatic heterocycles. The van der Waals surface area contributed by atoms with E-state index in [4.69, 9.17) is 0 Å². The fourth-order valence-corrected chi connectivity index (χ4v) is 2.84. The highest BCUT2D eigenvalue weighted by molar-refractivity contribution is 5.87. The van der Waals surface area contributed by atoms with Crippen LogP contribution in [0.1, 0.15) is 6.92 Å². The summed E-state index contributed by atoms with van der Waals surface area (Å²) in [7, 11) is 0. The zero-order valence-electron chi connectivity index (χ0n) is 21.5. The summed E-state index contributed by atoms with van der Waals surface area (Å²) in [6, 6.07) is 0. The van der Waals surface area contributed by atoms with Crippen molar-refractivity contribution in [3.63, 3.8) is 0 Å². The monoisotopic (exact) mass is 804 g/mol. The molecule has 0 bridgehead atoms. The SMILES string of the molecule is C=C(C)C(=O)OC(F)(C(F)(F)C(F)(F)F)C(F)(F)C(F)(F)C(F)(F)C(F)(F)C(F)(F)C(F)(F)C(F)(F)C(F)(F)C(F)(C(F)(F)F)C(F)(F)F. The molecule has 0 spiro atoms. The molecule has 0 aliphatic rings. The van der Waals surface area contributed by atoms with Crippen LogP contribution < -0.4 is 0 Å². The van der Waals surface area contributed by atoms with E-state index in [0.29, 0.717) is 0 Å². The van der Waals surface area contributed by atoms with Crippen molar-refractivity contribution >= 4 is 5.97 Å². The highest BCUT2D eigenvalue weighted by atomic mass is 19.4. The number of halogens is 29. The van der Waals surface area contributed by atoms with Crippen LogP contribution >= 0.6 is 0 Å². The predicted molar refractivity (Wildman–Crippen MR) is 91.3 cm³/mol. The summed E-state index contributed by atoms with van der Waals surface area (Å²) in [5.41, 5.74) is -11.3. The topological polar surface area (TPSA) is 26.3 Å². The summed E-state index contributed by atoms with van der Waals surface area (Å²) < 4.78 is 392. The average Bonchev–Trinajstić information content (AvgIpc) is 2.84. The fourth-order valence-electron chi connectivity index (χ4n) is 2.84. The summed E-state index contributed by atoms with van der Waals surface area (Å²) in [5.74, 6) is -99.7. The number of hydrogen-bond acceptors (Lipinski definition) is 2. The van der Waals surface area contributed by atoms with E-state index in [2.05, 4.69) is 6.58 Å². The molecule has 0 saturated heterocycles. The van der Waals surface area contributed by atoms with Gasteiger partial charge in [-0.1, -0.05) is 6.58 Å². The number of carbonyl (C=O) groups is 1. The molecule has 0 aromatic carbocycles. The van der Waals surface area contributed by atoms with Gasteiger partial charge in [-0.3, -0.25) is 0 Å². The molecule has 1 unspecified atom stereocenters. The number of esters is 1. The summed E-state index contributed by atoms with van der Waals surface area (Å²) in [5, 5.41) is 0. The molecule has 2 nitrogen and oxygen atoms in total. The Labute approximate surface area is 246 Å². The van der Waals surface area contributed by atoms with E-state index in [1.54, 1.807) is 0 Å². The van der Waals surface area contributed by atoms with Gasteiger partial charge in [0.15, 0.2) is 0 Å². The predicted octanol–water partition coefficient (Wildman–Crippen LogP) is 9.88. The summed E-state index contributed by atoms with van der Waals surface area (Å²) in [4.78, 5) is 11.1. The van der Waals surface area contributed by atoms with Crippen LogP contribution in [0.4, 0.5) is 127 Å². The lowest BCUT2D eigenvalue weighted by Crippen LogP contribution is -2.80. The number of rotatable bonds is 12. The highest BCUT2D eigenvalue weighted by Gasteiger charge is 3.02. The van der Waals surface area contributed by atoms with Crippen LogP contribution in [0, 0.1) is 0 Å². The van der Waals surface area contributed by atoms with Crippen LogP contribution in [0.15, 0.2) is 12.2 Å². The molecule has 0 rings (SSSR count). The van der Waals surface area contributed by atoms with Gasteiger partial charge in [0.25, 0.3) is 0 Å². The minimum atomic E-state index is -10.0. The van der Waals surface area contributed by atoms with Gasteiger partial charge in [0.1, 0.15) is 0 Å². The minimum Gasteiger partial charge on any atom is -0.413 e. The van der Waals surface area contributed by atoms with E-state index >= 15 is 0 Å². The van der Waals surface area contributed by atoms with E-state index in [-0.39, 0.29) is 6.92 Å². The Morgan fingerprint density at radius 2 is 0.592 bits per heavy atom. The third kappa shape index (κ3) is 5.55. The van der Waals surface area contributed by atoms with E-state index in [0.717, 1.165) is 0 Å². The first-order chi connectivity index (χ1) is 20.6. The molecule has 0 aromatic rings. The maximum absolute atomic E-state index is 14.5. The van der Waals surface area contributed by atoms with Crippen LogP contribution in [-0.4, -0.2) is 89.3 Å². The summed E-state index contributed by atoms with van der Waals surface area (Å²) in [6.07, 6.45) is -25.8. The molecule has 31 heteroatoms. The van der Waals surface area contributed by atoms with Crippen molar-refractivity contribution in [2.45, 2.75) is 90.3 Å². The molecule has 0 N–H and O–H groups in total. The molecule has 0 heterocycles. The first kappa shape index (κ1) is 46.2. The lowest BCUT2D eigenvalue weighted by atomic mass is 9.81. The zero-order chi connectivity index (χ0) is 40.9. The highest BCUT2D eigenvalue weighted by Crippen LogP contribution is 2.69. The first-order valence-electron chi connectivity index (χ1n) is 10.4. The normalized spacial score (nSPS) is 17.5. The third-order valence-electron chi connectivity index (χ3n) is 5.72. The van der Waals surface area contributed by atoms with Gasteiger partial charge in [0.05, 0.1) is 0 Å². The molecule has 49 heavy (non-hydrogen) atoms. The van der Waals surface area contributed by atoms with E-state index in [1.165, 1.54) is 0 Å². The van der Waals surface area contributed by atoms with Crippen LogP contribution in [0.5, 0.6) is 0 Å². The Kier molecular flexibility index (Phi) is 10.7. The second kappa shape index (κ2) is 11.3. The van der Waals surface area contributed by atoms with Crippen molar-refractivity contribution in [2.75, 3.05) is 0 Å². The van der Waals surface area contributed by atoms with Crippen LogP contribution in [0.2, 0.25) is 0 Å². The van der Waals surface area contributed by atoms with Gasteiger partial charge in [0.2, 0.25) is 0 Å². The molecule has 292 valence electrons. The van der Waals surface area contributed by atoms with E-state index in [1.807, 2.05) is 4.74 Å². The lowest BCUT2D eigenvalue weighted by molar-refractivity contribution is -0.495. The Hall–Kier alpha value is -2.82. The molecule has 0 amide bonds. The first-order valence-corrected chi connectivity index (χ1v) is 10.4. The summed E-state index contributed by atoms with van der Waals surface area (Å²) >= 11 is 0. The summed E-state index contributed by atoms with van der Waals surface area (Å²) in [6.45, 7) is 2.00. The van der Waals surface area contributed by atoms with Gasteiger partial charge in [0, 0.05) is 5.57 Å². The van der Waals surface area contributed by atoms with Crippen molar-refractivity contribution in [1.29, 1.82) is 0 Å². The zero-order valence-corrected chi connectivity index (χ0v) is 21.5. The third-order valence-corrected chi connectivity index (χ3v) is 5.72. The lowest BCUT2D eigenvalue weighted by Gasteiger charge is -2.47. The molecule has 0 fully saturated rings. The smallest absolute Gasteiger partial charge is 0.413 e. The van der Waals surface area contributed by atoms with Gasteiger partial charge >= 0.3 is 89.3 Å². The maximum Gasteiger partial charge on any atom is 0.461 e. The quantitative estimate of drug-likeness (QED) is 0.112. The van der Waals surface area contributed by atoms with Crippen LogP contribution in [0.3, 0.4) is 0 Å². The Morgan fingerprint density at radius 3 is 0.796 bits per heavy atom. The van der Waals surface area contributed by atoms with Crippen molar-refractivity contribution in [3.8, 4) is 0 Å². The number of hydrogen-bond donors (Lipinski definition) is 0. The van der Waals surface area contributed by atoms with Gasteiger partial charge in [-0.05, 0) is 6.92 Å². The molecule has 0 aliphatic carbocycles. The minimum absolute atomic E-state index is 0.115. The molecule has 0 saturated carbocycles. The van der Waals surface area contributed by atoms with Crippen molar-refractivity contribution < 1.29 is 137 Å². The van der Waals surface area contributed by atoms with Crippen molar-refractivity contribution in [2.24, 2.45) is 0 Å². The molecule has 1 atom stereocenters. The molecular formula is C18H5F29O2. The molecule has 0 radical (unpaired) electrons. The van der Waals surface area contributed by atoms with Gasteiger partial charge in [-0.2, -0.15) is 123 Å². The van der Waals surface area contributed by atoms with Crippen LogP contribution in [-0.2, 0) is 9.53 Å². The fraction of sp³-hybridized carbons (Fsp3) is 0.833. The number of ether oxygens (including phenoxy) is 1.